The van der Waals surface area contributed by atoms with E-state index in [2.05, 4.69) is 129 Å². The van der Waals surface area contributed by atoms with E-state index in [1.807, 2.05) is 32.3 Å². The fraction of sp³-hybridized carbons (Fsp3) is 0.382. The maximum atomic E-state index is 13.7. The zero-order valence-corrected chi connectivity index (χ0v) is 55.2. The molecule has 0 bridgehead atoms. The maximum absolute atomic E-state index is 13.7. The SMILES string of the molecule is C=CCCc1nc(NCC=C)nc2c(NCC=C)nc(Cl)nc12.CCCNc1nc(CC)c2nc(N3CCN(C(c4ccc(F)cc4)c4ccc(F)cc4)CC3)nc(NC)c2n1.CCCNc1nc(CC)c2nc(N3CCN(Cc4ccc(F)cc4)CC3)nc(NC)c2n1. The molecule has 0 aliphatic carbocycles. The summed E-state index contributed by atoms with van der Waals surface area (Å²) in [6, 6.07) is 19.7. The van der Waals surface area contributed by atoms with Gasteiger partial charge in [0.2, 0.25) is 35.0 Å². The number of halogens is 4. The summed E-state index contributed by atoms with van der Waals surface area (Å²) in [7, 11) is 3.70. The molecule has 494 valence electrons. The number of nitrogens with zero attached hydrogens (tertiary/aromatic N) is 16. The van der Waals surface area contributed by atoms with Gasteiger partial charge >= 0.3 is 0 Å². The van der Waals surface area contributed by atoms with Gasteiger partial charge in [-0.1, -0.05) is 82.3 Å². The van der Waals surface area contributed by atoms with Crippen LogP contribution in [0.15, 0.2) is 111 Å². The first-order valence-electron chi connectivity index (χ1n) is 32.1. The Morgan fingerprint density at radius 3 is 1.36 bits per heavy atom. The Hall–Kier alpha value is -9.46. The van der Waals surface area contributed by atoms with E-state index >= 15 is 0 Å². The lowest BCUT2D eigenvalue weighted by molar-refractivity contribution is 0.211. The molecule has 0 spiro atoms. The van der Waals surface area contributed by atoms with Crippen molar-refractivity contribution in [3.8, 4) is 0 Å². The molecule has 6 N–H and O–H groups in total. The fourth-order valence-electron chi connectivity index (χ4n) is 10.9. The fourth-order valence-corrected chi connectivity index (χ4v) is 11.1. The van der Waals surface area contributed by atoms with Crippen LogP contribution in [-0.4, -0.2) is 162 Å². The van der Waals surface area contributed by atoms with Crippen molar-refractivity contribution in [3.63, 3.8) is 0 Å². The first-order chi connectivity index (χ1) is 45.8. The number of piperazine rings is 2. The van der Waals surface area contributed by atoms with Crippen LogP contribution in [0.5, 0.6) is 0 Å². The monoisotopic (exact) mass is 1300 g/mol. The van der Waals surface area contributed by atoms with E-state index in [-0.39, 0.29) is 28.8 Å². The highest BCUT2D eigenvalue weighted by molar-refractivity contribution is 6.28. The molecule has 6 aromatic heterocycles. The second kappa shape index (κ2) is 33.9. The molecule has 2 aliphatic rings. The van der Waals surface area contributed by atoms with Crippen LogP contribution in [0.3, 0.4) is 0 Å². The van der Waals surface area contributed by atoms with Gasteiger partial charge in [0, 0.05) is 99.2 Å². The van der Waals surface area contributed by atoms with E-state index in [0.717, 1.165) is 147 Å². The predicted octanol–water partition coefficient (Wildman–Crippen LogP) is 11.7. The minimum Gasteiger partial charge on any atom is -0.371 e. The Bertz CT molecular complexity index is 3930. The molecule has 0 saturated carbocycles. The molecule has 0 radical (unpaired) electrons. The Labute approximate surface area is 552 Å². The molecule has 0 atom stereocenters. The van der Waals surface area contributed by atoms with E-state index in [9.17, 15) is 13.2 Å². The van der Waals surface area contributed by atoms with Crippen molar-refractivity contribution in [1.29, 1.82) is 0 Å². The van der Waals surface area contributed by atoms with Gasteiger partial charge in [0.1, 0.15) is 50.6 Å². The van der Waals surface area contributed by atoms with Crippen molar-refractivity contribution < 1.29 is 13.2 Å². The van der Waals surface area contributed by atoms with E-state index in [0.29, 0.717) is 90.5 Å². The Kier molecular flexibility index (Phi) is 24.9. The van der Waals surface area contributed by atoms with E-state index < -0.39 is 0 Å². The largest absolute Gasteiger partial charge is 0.371 e. The number of fused-ring (bicyclic) bond motifs is 3. The molecule has 11 rings (SSSR count). The number of nitrogens with one attached hydrogen (secondary N) is 6. The van der Waals surface area contributed by atoms with Crippen molar-refractivity contribution in [2.75, 3.05) is 134 Å². The first kappa shape index (κ1) is 68.9. The van der Waals surface area contributed by atoms with Crippen LogP contribution < -0.4 is 41.7 Å². The average molecular weight is 1300 g/mol. The molecule has 8 heterocycles. The third kappa shape index (κ3) is 17.6. The maximum Gasteiger partial charge on any atom is 0.228 e. The molecular weight excluding hydrogens is 1220 g/mol. The normalized spacial score (nSPS) is 13.4. The van der Waals surface area contributed by atoms with Crippen molar-refractivity contribution in [2.45, 2.75) is 78.8 Å². The van der Waals surface area contributed by atoms with E-state index in [1.54, 1.807) is 36.4 Å². The van der Waals surface area contributed by atoms with Gasteiger partial charge in [-0.05, 0) is 103 Å². The van der Waals surface area contributed by atoms with Gasteiger partial charge in [0.15, 0.2) is 17.5 Å². The van der Waals surface area contributed by atoms with Crippen LogP contribution in [0.4, 0.5) is 60.4 Å². The summed E-state index contributed by atoms with van der Waals surface area (Å²) in [5.74, 6) is 4.26. The number of hydrogen-bond donors (Lipinski definition) is 6. The minimum absolute atomic E-state index is 0.118. The minimum atomic E-state index is -0.279. The summed E-state index contributed by atoms with van der Waals surface area (Å²) < 4.78 is 40.5. The molecule has 0 unspecified atom stereocenters. The molecule has 26 heteroatoms. The van der Waals surface area contributed by atoms with Crippen LogP contribution in [0, 0.1) is 17.5 Å². The molecular formula is C68H84ClF3N22. The summed E-state index contributed by atoms with van der Waals surface area (Å²) in [5.41, 5.74) is 9.93. The van der Waals surface area contributed by atoms with Crippen molar-refractivity contribution in [1.82, 2.24) is 69.6 Å². The summed E-state index contributed by atoms with van der Waals surface area (Å²) in [6.07, 6.45) is 10.3. The third-order valence-corrected chi connectivity index (χ3v) is 15.9. The summed E-state index contributed by atoms with van der Waals surface area (Å²) in [4.78, 5) is 64.8. The van der Waals surface area contributed by atoms with Gasteiger partial charge in [-0.2, -0.15) is 15.0 Å². The lowest BCUT2D eigenvalue weighted by Crippen LogP contribution is -2.48. The van der Waals surface area contributed by atoms with Gasteiger partial charge in [0.05, 0.1) is 23.1 Å². The molecule has 2 saturated heterocycles. The van der Waals surface area contributed by atoms with Gasteiger partial charge in [-0.3, -0.25) is 9.80 Å². The topological polar surface area (TPSA) is 240 Å². The lowest BCUT2D eigenvalue weighted by atomic mass is 9.96. The smallest absolute Gasteiger partial charge is 0.228 e. The van der Waals surface area contributed by atoms with Gasteiger partial charge in [-0.15, -0.1) is 19.7 Å². The van der Waals surface area contributed by atoms with E-state index in [4.69, 9.17) is 41.5 Å². The third-order valence-electron chi connectivity index (χ3n) is 15.7. The molecule has 2 fully saturated rings. The number of hydrogen-bond acceptors (Lipinski definition) is 22. The Morgan fingerprint density at radius 2 is 0.904 bits per heavy atom. The van der Waals surface area contributed by atoms with Crippen molar-refractivity contribution in [2.24, 2.45) is 0 Å². The number of aryl methyl sites for hydroxylation is 3. The number of benzene rings is 3. The molecule has 3 aromatic carbocycles. The average Bonchev–Trinajstić information content (AvgIpc) is 0.795. The van der Waals surface area contributed by atoms with E-state index in [1.165, 1.54) is 36.4 Å². The molecule has 22 nitrogen and oxygen atoms in total. The highest BCUT2D eigenvalue weighted by Gasteiger charge is 2.29. The van der Waals surface area contributed by atoms with Crippen LogP contribution in [0.25, 0.3) is 33.1 Å². The van der Waals surface area contributed by atoms with Gasteiger partial charge in [0.25, 0.3) is 0 Å². The van der Waals surface area contributed by atoms with Crippen LogP contribution in [0.1, 0.15) is 86.8 Å². The number of anilines is 8. The zero-order valence-electron chi connectivity index (χ0n) is 54.5. The van der Waals surface area contributed by atoms with Crippen LogP contribution in [-0.2, 0) is 25.8 Å². The summed E-state index contributed by atoms with van der Waals surface area (Å²) >= 11 is 6.04. The quantitative estimate of drug-likeness (QED) is 0.0218. The van der Waals surface area contributed by atoms with Crippen molar-refractivity contribution in [3.05, 3.63) is 167 Å². The Balaban J connectivity index is 0.000000172. The predicted molar refractivity (Wildman–Crippen MR) is 374 cm³/mol. The van der Waals surface area contributed by atoms with Crippen molar-refractivity contribution >= 4 is 91.9 Å². The highest BCUT2D eigenvalue weighted by atomic mass is 35.5. The first-order valence-corrected chi connectivity index (χ1v) is 32.4. The molecule has 9 aromatic rings. The summed E-state index contributed by atoms with van der Waals surface area (Å²) in [6.45, 7) is 29.3. The lowest BCUT2D eigenvalue weighted by Gasteiger charge is -2.40. The number of aromatic nitrogens is 12. The number of allylic oxidation sites excluding steroid dienone is 1. The van der Waals surface area contributed by atoms with Gasteiger partial charge in [-0.25, -0.2) is 58.0 Å². The number of rotatable bonds is 26. The molecule has 0 amide bonds. The molecule has 2 aliphatic heterocycles. The second-order valence-corrected chi connectivity index (χ2v) is 22.6. The second-order valence-electron chi connectivity index (χ2n) is 22.3. The molecule has 94 heavy (non-hydrogen) atoms. The zero-order chi connectivity index (χ0) is 66.5. The van der Waals surface area contributed by atoms with Gasteiger partial charge < -0.3 is 41.7 Å². The summed E-state index contributed by atoms with van der Waals surface area (Å²) in [5, 5.41) is 19.3. The van der Waals surface area contributed by atoms with Crippen LogP contribution in [0.2, 0.25) is 5.28 Å². The van der Waals surface area contributed by atoms with Crippen LogP contribution >= 0.6 is 11.6 Å². The Morgan fingerprint density at radius 1 is 0.468 bits per heavy atom. The standard InChI is InChI=1S/C29H34F2N8.C23H31FN8.C16H19ClN6/c1-4-14-33-28-34-23(5-2)24-25(35-28)27(32-3)37-29(36-24)39-17-15-38(16-18-39)26(19-6-10-21(30)11-7-19)20-8-12-22(31)13-9-20;1-4-10-26-22-27-18(5-2)19-20(28-22)21(25-3)30-23(29-19)32-13-11-31(12-14-32)15-16-6-8-17(24)9-7-16;1-4-7-8-11-12-13(22-16(20-11)19-10-6-3)14(18-9-5-2)23-15(17)21-12/h6-13,26H,4-5,14-18H2,1-3H3,(H,32,36,37)(H,33,34,35);6-9H,4-5,10-15H2,1-3H3,(H,25,29,30)(H,26,27,28);4-6H,1-3,7-10H2,(H,18,21,23)(H,19,20,22). The highest BCUT2D eigenvalue weighted by Crippen LogP contribution is 2.33.